The Kier molecular flexibility index (Phi) is 4.27. The first-order valence-electron chi connectivity index (χ1n) is 8.28. The third-order valence-electron chi connectivity index (χ3n) is 4.21. The zero-order valence-electron chi connectivity index (χ0n) is 14.2. The maximum atomic E-state index is 4.70. The van der Waals surface area contributed by atoms with E-state index in [1.807, 2.05) is 32.3 Å². The van der Waals surface area contributed by atoms with Gasteiger partial charge in [0, 0.05) is 30.7 Å². The molecule has 1 N–H and O–H groups in total. The lowest BCUT2D eigenvalue weighted by Gasteiger charge is -2.26. The maximum Gasteiger partial charge on any atom is 0.211 e. The van der Waals surface area contributed by atoms with E-state index in [9.17, 15) is 0 Å². The van der Waals surface area contributed by atoms with Crippen LogP contribution < -0.4 is 10.2 Å². The Balaban J connectivity index is 1.63. The second kappa shape index (κ2) is 6.72. The molecule has 1 aliphatic rings. The van der Waals surface area contributed by atoms with E-state index in [0.717, 1.165) is 46.9 Å². The molecule has 0 aliphatic carbocycles. The number of rotatable bonds is 4. The van der Waals surface area contributed by atoms with Gasteiger partial charge in [0.05, 0.1) is 11.7 Å². The summed E-state index contributed by atoms with van der Waals surface area (Å²) in [4.78, 5) is 15.7. The lowest BCUT2D eigenvalue weighted by Crippen LogP contribution is -2.23. The minimum Gasteiger partial charge on any atom is -0.363 e. The Morgan fingerprint density at radius 3 is 2.76 bits per heavy atom. The number of aryl methyl sites for hydroxylation is 2. The fourth-order valence-corrected chi connectivity index (χ4v) is 3.80. The minimum absolute atomic E-state index is 0.251. The standard InChI is InChI=1S/C17H19N7S/c1-11-19-14(10-16(20-11)21-17-23-22-12(2)25-17)15-4-3-9-24(15)13-5-7-18-8-6-13/h5-8,10,15H,3-4,9H2,1-2H3,(H,19,20,21,23). The van der Waals surface area contributed by atoms with Crippen molar-refractivity contribution >= 4 is 28.0 Å². The Morgan fingerprint density at radius 2 is 2.00 bits per heavy atom. The topological polar surface area (TPSA) is 79.7 Å². The lowest BCUT2D eigenvalue weighted by molar-refractivity contribution is 0.687. The number of anilines is 3. The van der Waals surface area contributed by atoms with Crippen LogP contribution in [0.1, 0.15) is 35.4 Å². The number of hydrogen-bond donors (Lipinski definition) is 1. The quantitative estimate of drug-likeness (QED) is 0.769. The summed E-state index contributed by atoms with van der Waals surface area (Å²) in [7, 11) is 0. The predicted molar refractivity (Wildman–Crippen MR) is 98.3 cm³/mol. The second-order valence-corrected chi connectivity index (χ2v) is 7.21. The summed E-state index contributed by atoms with van der Waals surface area (Å²) in [5.74, 6) is 1.52. The average molecular weight is 353 g/mol. The summed E-state index contributed by atoms with van der Waals surface area (Å²) in [5, 5.41) is 13.1. The second-order valence-electron chi connectivity index (χ2n) is 6.03. The third-order valence-corrected chi connectivity index (χ3v) is 4.96. The van der Waals surface area contributed by atoms with Gasteiger partial charge in [0.25, 0.3) is 0 Å². The molecule has 8 heteroatoms. The van der Waals surface area contributed by atoms with Gasteiger partial charge < -0.3 is 10.2 Å². The normalized spacial score (nSPS) is 17.0. The number of pyridine rings is 1. The Hall–Kier alpha value is -2.61. The zero-order valence-corrected chi connectivity index (χ0v) is 15.0. The van der Waals surface area contributed by atoms with Crippen LogP contribution >= 0.6 is 11.3 Å². The van der Waals surface area contributed by atoms with Crippen LogP contribution in [0.25, 0.3) is 0 Å². The van der Waals surface area contributed by atoms with Crippen LogP contribution in [-0.4, -0.2) is 31.7 Å². The first-order chi connectivity index (χ1) is 12.2. The summed E-state index contributed by atoms with van der Waals surface area (Å²) in [6.07, 6.45) is 5.89. The van der Waals surface area contributed by atoms with E-state index in [1.165, 1.54) is 17.0 Å². The van der Waals surface area contributed by atoms with E-state index in [0.29, 0.717) is 0 Å². The molecule has 4 heterocycles. The number of hydrogen-bond acceptors (Lipinski definition) is 8. The van der Waals surface area contributed by atoms with E-state index in [1.54, 1.807) is 0 Å². The average Bonchev–Trinajstić information content (AvgIpc) is 3.24. The van der Waals surface area contributed by atoms with Crippen molar-refractivity contribution in [2.75, 3.05) is 16.8 Å². The molecule has 0 saturated carbocycles. The van der Waals surface area contributed by atoms with Crippen molar-refractivity contribution in [3.8, 4) is 0 Å². The van der Waals surface area contributed by atoms with Gasteiger partial charge in [0.15, 0.2) is 0 Å². The van der Waals surface area contributed by atoms with Crippen molar-refractivity contribution in [3.05, 3.63) is 47.1 Å². The van der Waals surface area contributed by atoms with Gasteiger partial charge in [-0.25, -0.2) is 9.97 Å². The number of nitrogens with zero attached hydrogens (tertiary/aromatic N) is 6. The number of nitrogens with one attached hydrogen (secondary N) is 1. The van der Waals surface area contributed by atoms with E-state index < -0.39 is 0 Å². The van der Waals surface area contributed by atoms with Crippen LogP contribution in [0, 0.1) is 13.8 Å². The third kappa shape index (κ3) is 3.43. The molecule has 7 nitrogen and oxygen atoms in total. The molecular weight excluding hydrogens is 334 g/mol. The van der Waals surface area contributed by atoms with Crippen LogP contribution in [0.5, 0.6) is 0 Å². The van der Waals surface area contributed by atoms with E-state index >= 15 is 0 Å². The van der Waals surface area contributed by atoms with Gasteiger partial charge in [-0.1, -0.05) is 11.3 Å². The van der Waals surface area contributed by atoms with Crippen molar-refractivity contribution in [2.24, 2.45) is 0 Å². The molecule has 1 fully saturated rings. The van der Waals surface area contributed by atoms with Gasteiger partial charge in [-0.3, -0.25) is 4.98 Å². The summed E-state index contributed by atoms with van der Waals surface area (Å²) in [6, 6.07) is 6.37. The summed E-state index contributed by atoms with van der Waals surface area (Å²) in [6.45, 7) is 4.88. The first-order valence-corrected chi connectivity index (χ1v) is 9.10. The maximum absolute atomic E-state index is 4.70. The van der Waals surface area contributed by atoms with Crippen molar-refractivity contribution < 1.29 is 0 Å². The monoisotopic (exact) mass is 353 g/mol. The molecule has 0 aromatic carbocycles. The predicted octanol–water partition coefficient (Wildman–Crippen LogP) is 3.43. The molecule has 0 amide bonds. The van der Waals surface area contributed by atoms with Crippen LogP contribution in [-0.2, 0) is 0 Å². The molecule has 1 atom stereocenters. The number of aromatic nitrogens is 5. The van der Waals surface area contributed by atoms with Gasteiger partial charge in [0.1, 0.15) is 16.6 Å². The van der Waals surface area contributed by atoms with Crippen LogP contribution in [0.3, 0.4) is 0 Å². The Bertz CT molecular complexity index is 864. The van der Waals surface area contributed by atoms with Gasteiger partial charge in [-0.05, 0) is 38.8 Å². The van der Waals surface area contributed by atoms with Gasteiger partial charge in [-0.15, -0.1) is 10.2 Å². The molecule has 0 radical (unpaired) electrons. The first kappa shape index (κ1) is 15.9. The highest BCUT2D eigenvalue weighted by atomic mass is 32.1. The van der Waals surface area contributed by atoms with Gasteiger partial charge in [0.2, 0.25) is 5.13 Å². The van der Waals surface area contributed by atoms with Gasteiger partial charge in [-0.2, -0.15) is 0 Å². The summed E-state index contributed by atoms with van der Waals surface area (Å²) < 4.78 is 0. The fraction of sp³-hybridized carbons (Fsp3) is 0.353. The Labute approximate surface area is 150 Å². The van der Waals surface area contributed by atoms with Crippen molar-refractivity contribution in [3.63, 3.8) is 0 Å². The summed E-state index contributed by atoms with van der Waals surface area (Å²) in [5.41, 5.74) is 2.22. The molecule has 0 bridgehead atoms. The SMILES string of the molecule is Cc1nc(Nc2nnc(C)s2)cc(C2CCCN2c2ccncc2)n1. The molecule has 1 aliphatic heterocycles. The lowest BCUT2D eigenvalue weighted by atomic mass is 10.1. The van der Waals surface area contributed by atoms with Crippen LogP contribution in [0.4, 0.5) is 16.6 Å². The van der Waals surface area contributed by atoms with Crippen LogP contribution in [0.15, 0.2) is 30.6 Å². The van der Waals surface area contributed by atoms with E-state index in [-0.39, 0.29) is 6.04 Å². The molecule has 128 valence electrons. The van der Waals surface area contributed by atoms with E-state index in [2.05, 4.69) is 42.5 Å². The largest absolute Gasteiger partial charge is 0.363 e. The highest BCUT2D eigenvalue weighted by Gasteiger charge is 2.28. The van der Waals surface area contributed by atoms with Crippen molar-refractivity contribution in [1.82, 2.24) is 25.1 Å². The smallest absolute Gasteiger partial charge is 0.211 e. The molecule has 0 spiro atoms. The van der Waals surface area contributed by atoms with Gasteiger partial charge >= 0.3 is 0 Å². The van der Waals surface area contributed by atoms with Crippen LogP contribution in [0.2, 0.25) is 0 Å². The molecule has 1 unspecified atom stereocenters. The van der Waals surface area contributed by atoms with Crippen molar-refractivity contribution in [2.45, 2.75) is 32.7 Å². The highest BCUT2D eigenvalue weighted by Crippen LogP contribution is 2.35. The molecule has 25 heavy (non-hydrogen) atoms. The Morgan fingerprint density at radius 1 is 1.16 bits per heavy atom. The minimum atomic E-state index is 0.251. The molecular formula is C17H19N7S. The van der Waals surface area contributed by atoms with Crippen molar-refractivity contribution in [1.29, 1.82) is 0 Å². The highest BCUT2D eigenvalue weighted by molar-refractivity contribution is 7.15. The molecule has 1 saturated heterocycles. The van der Waals surface area contributed by atoms with E-state index in [4.69, 9.17) is 4.98 Å². The fourth-order valence-electron chi connectivity index (χ4n) is 3.20. The summed E-state index contributed by atoms with van der Waals surface area (Å²) >= 11 is 1.51. The molecule has 3 aromatic heterocycles. The molecule has 3 aromatic rings. The molecule has 4 rings (SSSR count). The zero-order chi connectivity index (χ0) is 17.2.